The zero-order valence-corrected chi connectivity index (χ0v) is 10.3. The highest BCUT2D eigenvalue weighted by Crippen LogP contribution is 2.30. The molecule has 18 heavy (non-hydrogen) atoms. The summed E-state index contributed by atoms with van der Waals surface area (Å²) in [6.07, 6.45) is 2.43. The van der Waals surface area contributed by atoms with Crippen LogP contribution in [-0.4, -0.2) is 26.2 Å². The first-order valence-electron chi connectivity index (χ1n) is 5.61. The predicted octanol–water partition coefficient (Wildman–Crippen LogP) is 1.59. The van der Waals surface area contributed by atoms with Gasteiger partial charge in [-0.2, -0.15) is 0 Å². The Morgan fingerprint density at radius 1 is 1.11 bits per heavy atom. The van der Waals surface area contributed by atoms with Crippen LogP contribution in [0.25, 0.3) is 6.08 Å². The SMILES string of the molecule is COC(=O)C(C(=O)OC)C1=Cc2ccccc2C1. The van der Waals surface area contributed by atoms with Gasteiger partial charge in [0, 0.05) is 0 Å². The Balaban J connectivity index is 2.31. The summed E-state index contributed by atoms with van der Waals surface area (Å²) in [5.74, 6) is -2.13. The van der Waals surface area contributed by atoms with Crippen molar-refractivity contribution in [3.05, 3.63) is 41.0 Å². The molecule has 2 rings (SSSR count). The lowest BCUT2D eigenvalue weighted by atomic mass is 9.97. The maximum Gasteiger partial charge on any atom is 0.324 e. The van der Waals surface area contributed by atoms with Crippen LogP contribution in [0.2, 0.25) is 0 Å². The summed E-state index contributed by atoms with van der Waals surface area (Å²) < 4.78 is 9.33. The van der Waals surface area contributed by atoms with Crippen molar-refractivity contribution in [2.45, 2.75) is 6.42 Å². The molecule has 0 aromatic heterocycles. The van der Waals surface area contributed by atoms with E-state index in [-0.39, 0.29) is 0 Å². The Morgan fingerprint density at radius 2 is 1.72 bits per heavy atom. The molecule has 0 saturated carbocycles. The van der Waals surface area contributed by atoms with Crippen LogP contribution >= 0.6 is 0 Å². The Bertz CT molecular complexity index is 500. The van der Waals surface area contributed by atoms with Crippen molar-refractivity contribution in [3.63, 3.8) is 0 Å². The first-order valence-corrected chi connectivity index (χ1v) is 5.61. The van der Waals surface area contributed by atoms with Gasteiger partial charge in [-0.3, -0.25) is 9.59 Å². The molecule has 94 valence electrons. The van der Waals surface area contributed by atoms with Gasteiger partial charge < -0.3 is 9.47 Å². The topological polar surface area (TPSA) is 52.6 Å². The summed E-state index contributed by atoms with van der Waals surface area (Å²) in [5, 5.41) is 0. The van der Waals surface area contributed by atoms with Gasteiger partial charge in [-0.15, -0.1) is 0 Å². The number of hydrogen-bond donors (Lipinski definition) is 0. The second-order valence-corrected chi connectivity index (χ2v) is 4.07. The molecule has 0 fully saturated rings. The lowest BCUT2D eigenvalue weighted by Gasteiger charge is -2.13. The fraction of sp³-hybridized carbons (Fsp3) is 0.286. The Hall–Kier alpha value is -2.10. The fourth-order valence-corrected chi connectivity index (χ4v) is 2.13. The molecule has 0 radical (unpaired) electrons. The molecule has 1 aromatic rings. The number of fused-ring (bicyclic) bond motifs is 1. The molecule has 4 nitrogen and oxygen atoms in total. The van der Waals surface area contributed by atoms with E-state index in [1.54, 1.807) is 0 Å². The van der Waals surface area contributed by atoms with E-state index in [9.17, 15) is 9.59 Å². The minimum absolute atomic E-state index is 0.574. The normalized spacial score (nSPS) is 12.9. The minimum Gasteiger partial charge on any atom is -0.468 e. The van der Waals surface area contributed by atoms with E-state index in [2.05, 4.69) is 9.47 Å². The lowest BCUT2D eigenvalue weighted by Crippen LogP contribution is -2.28. The van der Waals surface area contributed by atoms with E-state index < -0.39 is 17.9 Å². The quantitative estimate of drug-likeness (QED) is 0.600. The van der Waals surface area contributed by atoms with Gasteiger partial charge in [0.1, 0.15) is 0 Å². The molecule has 0 aliphatic heterocycles. The van der Waals surface area contributed by atoms with Crippen molar-refractivity contribution < 1.29 is 19.1 Å². The van der Waals surface area contributed by atoms with E-state index in [1.807, 2.05) is 30.3 Å². The molecule has 1 aliphatic rings. The number of ether oxygens (including phenoxy) is 2. The monoisotopic (exact) mass is 246 g/mol. The van der Waals surface area contributed by atoms with Crippen molar-refractivity contribution in [1.29, 1.82) is 0 Å². The standard InChI is InChI=1S/C14H14O4/c1-17-13(15)12(14(16)18-2)11-7-9-5-3-4-6-10(9)8-11/h3-7,12H,8H2,1-2H3. The number of methoxy groups -OCH3 is 2. The molecule has 0 spiro atoms. The third-order valence-electron chi connectivity index (χ3n) is 3.04. The number of hydrogen-bond acceptors (Lipinski definition) is 4. The molecule has 0 amide bonds. The number of benzene rings is 1. The third-order valence-corrected chi connectivity index (χ3v) is 3.04. The van der Waals surface area contributed by atoms with E-state index in [0.717, 1.165) is 16.7 Å². The van der Waals surface area contributed by atoms with Crippen molar-refractivity contribution in [2.75, 3.05) is 14.2 Å². The first kappa shape index (κ1) is 12.4. The molecule has 0 saturated heterocycles. The number of esters is 2. The van der Waals surface area contributed by atoms with Gasteiger partial charge >= 0.3 is 11.9 Å². The van der Waals surface area contributed by atoms with Crippen LogP contribution in [0.5, 0.6) is 0 Å². The lowest BCUT2D eigenvalue weighted by molar-refractivity contribution is -0.156. The van der Waals surface area contributed by atoms with Crippen LogP contribution in [0, 0.1) is 5.92 Å². The van der Waals surface area contributed by atoms with Crippen molar-refractivity contribution >= 4 is 18.0 Å². The highest BCUT2D eigenvalue weighted by atomic mass is 16.5. The number of rotatable bonds is 3. The van der Waals surface area contributed by atoms with Crippen LogP contribution in [0.1, 0.15) is 11.1 Å². The van der Waals surface area contributed by atoms with Gasteiger partial charge in [0.2, 0.25) is 0 Å². The van der Waals surface area contributed by atoms with Crippen LogP contribution in [-0.2, 0) is 25.5 Å². The predicted molar refractivity (Wildman–Crippen MR) is 65.6 cm³/mol. The average molecular weight is 246 g/mol. The second kappa shape index (κ2) is 5.04. The van der Waals surface area contributed by atoms with Crippen LogP contribution < -0.4 is 0 Å². The van der Waals surface area contributed by atoms with Crippen LogP contribution in [0.3, 0.4) is 0 Å². The van der Waals surface area contributed by atoms with Gasteiger partial charge in [-0.25, -0.2) is 0 Å². The van der Waals surface area contributed by atoms with Crippen LogP contribution in [0.15, 0.2) is 29.8 Å². The summed E-state index contributed by atoms with van der Waals surface area (Å²) in [4.78, 5) is 23.4. The Morgan fingerprint density at radius 3 is 2.28 bits per heavy atom. The molecule has 4 heteroatoms. The first-order chi connectivity index (χ1) is 8.67. The van der Waals surface area contributed by atoms with Gasteiger partial charge in [-0.1, -0.05) is 30.3 Å². The van der Waals surface area contributed by atoms with E-state index in [0.29, 0.717) is 6.42 Å². The molecule has 1 aromatic carbocycles. The van der Waals surface area contributed by atoms with Gasteiger partial charge in [0.25, 0.3) is 0 Å². The highest BCUT2D eigenvalue weighted by molar-refractivity contribution is 5.99. The van der Waals surface area contributed by atoms with E-state index in [1.165, 1.54) is 14.2 Å². The zero-order valence-electron chi connectivity index (χ0n) is 10.3. The summed E-state index contributed by atoms with van der Waals surface area (Å²) in [6, 6.07) is 7.78. The second-order valence-electron chi connectivity index (χ2n) is 4.07. The van der Waals surface area contributed by atoms with E-state index in [4.69, 9.17) is 0 Å². The van der Waals surface area contributed by atoms with Gasteiger partial charge in [0.15, 0.2) is 5.92 Å². The fourth-order valence-electron chi connectivity index (χ4n) is 2.13. The van der Waals surface area contributed by atoms with Crippen LogP contribution in [0.4, 0.5) is 0 Å². The molecular weight excluding hydrogens is 232 g/mol. The molecule has 0 bridgehead atoms. The molecular formula is C14H14O4. The molecule has 0 N–H and O–H groups in total. The average Bonchev–Trinajstić information content (AvgIpc) is 2.81. The van der Waals surface area contributed by atoms with Crippen molar-refractivity contribution in [3.8, 4) is 0 Å². The third kappa shape index (κ3) is 2.14. The zero-order chi connectivity index (χ0) is 13.1. The van der Waals surface area contributed by atoms with Gasteiger partial charge in [0.05, 0.1) is 14.2 Å². The molecule has 0 unspecified atom stereocenters. The number of carbonyl (C=O) groups is 2. The van der Waals surface area contributed by atoms with Crippen molar-refractivity contribution in [1.82, 2.24) is 0 Å². The summed E-state index contributed by atoms with van der Waals surface area (Å²) >= 11 is 0. The highest BCUT2D eigenvalue weighted by Gasteiger charge is 2.34. The molecule has 0 atom stereocenters. The largest absolute Gasteiger partial charge is 0.468 e. The molecule has 1 aliphatic carbocycles. The number of carbonyl (C=O) groups excluding carboxylic acids is 2. The van der Waals surface area contributed by atoms with E-state index >= 15 is 0 Å². The Labute approximate surface area is 105 Å². The minimum atomic E-state index is -0.965. The smallest absolute Gasteiger partial charge is 0.324 e. The van der Waals surface area contributed by atoms with Gasteiger partial charge in [-0.05, 0) is 23.1 Å². The maximum atomic E-state index is 11.7. The summed E-state index contributed by atoms with van der Waals surface area (Å²) in [7, 11) is 2.53. The van der Waals surface area contributed by atoms with Crippen molar-refractivity contribution in [2.24, 2.45) is 5.92 Å². The summed E-state index contributed by atoms with van der Waals surface area (Å²) in [6.45, 7) is 0. The Kier molecular flexibility index (Phi) is 3.46. The summed E-state index contributed by atoms with van der Waals surface area (Å²) in [5.41, 5.74) is 2.85. The maximum absolute atomic E-state index is 11.7. The molecule has 0 heterocycles.